The fourth-order valence-corrected chi connectivity index (χ4v) is 2.36. The minimum absolute atomic E-state index is 0.449. The molecule has 0 N–H and O–H groups in total. The molecule has 0 atom stereocenters. The molecular weight excluding hydrogens is 274 g/mol. The molecule has 0 amide bonds. The molecule has 3 aromatic carbocycles. The summed E-state index contributed by atoms with van der Waals surface area (Å²) < 4.78 is 5.42. The van der Waals surface area contributed by atoms with Gasteiger partial charge >= 0.3 is 0 Å². The van der Waals surface area contributed by atoms with Gasteiger partial charge in [0, 0.05) is 5.56 Å². The topological polar surface area (TPSA) is 30.8 Å². The molecule has 0 bridgehead atoms. The summed E-state index contributed by atoms with van der Waals surface area (Å²) in [5.74, 6) is 0.783. The van der Waals surface area contributed by atoms with Crippen LogP contribution in [0, 0.1) is 0 Å². The van der Waals surface area contributed by atoms with E-state index >= 15 is 0 Å². The van der Waals surface area contributed by atoms with Crippen LogP contribution in [0.15, 0.2) is 71.9 Å². The highest BCUT2D eigenvalue weighted by atomic mass is 16.6. The summed E-state index contributed by atoms with van der Waals surface area (Å²) in [7, 11) is 1.66. The van der Waals surface area contributed by atoms with E-state index in [2.05, 4.69) is 17.3 Å². The van der Waals surface area contributed by atoms with Gasteiger partial charge in [-0.15, -0.1) is 0 Å². The Bertz CT molecular complexity index is 782. The van der Waals surface area contributed by atoms with Crippen molar-refractivity contribution < 1.29 is 9.57 Å². The third-order valence-electron chi connectivity index (χ3n) is 3.48. The predicted octanol–water partition coefficient (Wildman–Crippen LogP) is 4.40. The molecule has 3 aromatic rings. The minimum atomic E-state index is 0.449. The lowest BCUT2D eigenvalue weighted by Gasteiger charge is -2.08. The Kier molecular flexibility index (Phi) is 4.35. The molecule has 0 fully saturated rings. The normalized spacial score (nSPS) is 11.0. The van der Waals surface area contributed by atoms with E-state index in [1.807, 2.05) is 54.6 Å². The second-order valence-corrected chi connectivity index (χ2v) is 4.90. The minimum Gasteiger partial charge on any atom is -0.496 e. The maximum absolute atomic E-state index is 5.42. The highest BCUT2D eigenvalue weighted by molar-refractivity contribution is 6.02. The van der Waals surface area contributed by atoms with Crippen molar-refractivity contribution in [2.24, 2.45) is 5.16 Å². The van der Waals surface area contributed by atoms with Crippen LogP contribution in [0.2, 0.25) is 0 Å². The van der Waals surface area contributed by atoms with Crippen molar-refractivity contribution in [2.75, 3.05) is 7.11 Å². The lowest BCUT2D eigenvalue weighted by molar-refractivity contribution is 0.132. The Labute approximate surface area is 129 Å². The van der Waals surface area contributed by atoms with Gasteiger partial charge in [-0.3, -0.25) is 0 Å². The molecule has 0 heterocycles. The number of oxime groups is 1. The highest BCUT2D eigenvalue weighted by Crippen LogP contribution is 2.26. The van der Waals surface area contributed by atoms with E-state index in [1.54, 1.807) is 13.3 Å². The van der Waals surface area contributed by atoms with Crippen molar-refractivity contribution in [1.29, 1.82) is 0 Å². The van der Waals surface area contributed by atoms with Crippen LogP contribution in [0.5, 0.6) is 5.75 Å². The zero-order chi connectivity index (χ0) is 15.2. The van der Waals surface area contributed by atoms with Crippen molar-refractivity contribution in [3.8, 4) is 5.75 Å². The molecule has 22 heavy (non-hydrogen) atoms. The summed E-state index contributed by atoms with van der Waals surface area (Å²) in [5, 5.41) is 6.33. The van der Waals surface area contributed by atoms with Gasteiger partial charge in [0.25, 0.3) is 0 Å². The Morgan fingerprint density at radius 2 is 1.68 bits per heavy atom. The number of fused-ring (bicyclic) bond motifs is 1. The van der Waals surface area contributed by atoms with E-state index in [1.165, 1.54) is 0 Å². The van der Waals surface area contributed by atoms with E-state index < -0.39 is 0 Å². The Balaban J connectivity index is 1.81. The number of hydrogen-bond acceptors (Lipinski definition) is 3. The first-order valence-corrected chi connectivity index (χ1v) is 7.13. The molecule has 0 aliphatic heterocycles. The van der Waals surface area contributed by atoms with Crippen LogP contribution in [0.25, 0.3) is 10.8 Å². The van der Waals surface area contributed by atoms with Gasteiger partial charge in [-0.1, -0.05) is 65.8 Å². The van der Waals surface area contributed by atoms with E-state index in [0.717, 1.165) is 27.6 Å². The van der Waals surface area contributed by atoms with E-state index in [4.69, 9.17) is 9.57 Å². The summed E-state index contributed by atoms with van der Waals surface area (Å²) >= 11 is 0. The van der Waals surface area contributed by atoms with E-state index in [0.29, 0.717) is 6.61 Å². The number of benzene rings is 3. The molecule has 0 radical (unpaired) electrons. The standard InChI is InChI=1S/C19H17NO2/c1-21-19-12-11-16-9-5-6-10-17(16)18(19)13-20-22-14-15-7-3-2-4-8-15/h2-13H,14H2,1H3/b20-13+. The third kappa shape index (κ3) is 3.09. The van der Waals surface area contributed by atoms with Gasteiger partial charge in [-0.2, -0.15) is 0 Å². The van der Waals surface area contributed by atoms with Gasteiger partial charge in [0.15, 0.2) is 0 Å². The first kappa shape index (κ1) is 14.1. The second-order valence-electron chi connectivity index (χ2n) is 4.90. The number of methoxy groups -OCH3 is 1. The molecule has 0 saturated heterocycles. The molecule has 0 spiro atoms. The fraction of sp³-hybridized carbons (Fsp3) is 0.105. The van der Waals surface area contributed by atoms with Crippen LogP contribution in [0.1, 0.15) is 11.1 Å². The number of rotatable bonds is 5. The molecule has 0 unspecified atom stereocenters. The molecule has 3 rings (SSSR count). The van der Waals surface area contributed by atoms with Crippen molar-refractivity contribution in [2.45, 2.75) is 6.61 Å². The summed E-state index contributed by atoms with van der Waals surface area (Å²) in [6.07, 6.45) is 1.71. The van der Waals surface area contributed by atoms with Crippen molar-refractivity contribution >= 4 is 17.0 Å². The first-order chi connectivity index (χ1) is 10.9. The van der Waals surface area contributed by atoms with Crippen LogP contribution >= 0.6 is 0 Å². The summed E-state index contributed by atoms with van der Waals surface area (Å²) in [5.41, 5.74) is 2.01. The molecule has 0 saturated carbocycles. The smallest absolute Gasteiger partial charge is 0.142 e. The van der Waals surface area contributed by atoms with Crippen molar-refractivity contribution in [3.63, 3.8) is 0 Å². The number of nitrogens with zero attached hydrogens (tertiary/aromatic N) is 1. The van der Waals surface area contributed by atoms with Crippen LogP contribution in [0.4, 0.5) is 0 Å². The van der Waals surface area contributed by atoms with Gasteiger partial charge in [-0.25, -0.2) is 0 Å². The van der Waals surface area contributed by atoms with Gasteiger partial charge < -0.3 is 9.57 Å². The Morgan fingerprint density at radius 1 is 0.909 bits per heavy atom. The lowest BCUT2D eigenvalue weighted by atomic mass is 10.0. The zero-order valence-corrected chi connectivity index (χ0v) is 12.4. The molecule has 0 aliphatic carbocycles. The maximum Gasteiger partial charge on any atom is 0.142 e. The zero-order valence-electron chi connectivity index (χ0n) is 12.4. The fourth-order valence-electron chi connectivity index (χ4n) is 2.36. The van der Waals surface area contributed by atoms with E-state index in [9.17, 15) is 0 Å². The monoisotopic (exact) mass is 291 g/mol. The second kappa shape index (κ2) is 6.76. The molecule has 3 heteroatoms. The Hall–Kier alpha value is -2.81. The molecule has 3 nitrogen and oxygen atoms in total. The SMILES string of the molecule is COc1ccc2ccccc2c1/C=N/OCc1ccccc1. The summed E-state index contributed by atoms with van der Waals surface area (Å²) in [6.45, 7) is 0.449. The number of hydrogen-bond donors (Lipinski definition) is 0. The Morgan fingerprint density at radius 3 is 2.50 bits per heavy atom. The van der Waals surface area contributed by atoms with Gasteiger partial charge in [0.2, 0.25) is 0 Å². The largest absolute Gasteiger partial charge is 0.496 e. The predicted molar refractivity (Wildman–Crippen MR) is 89.3 cm³/mol. The lowest BCUT2D eigenvalue weighted by Crippen LogP contribution is -1.94. The molecule has 0 aliphatic rings. The van der Waals surface area contributed by atoms with Gasteiger partial charge in [0.05, 0.1) is 13.3 Å². The average Bonchev–Trinajstić information content (AvgIpc) is 2.59. The van der Waals surface area contributed by atoms with Crippen LogP contribution in [0.3, 0.4) is 0 Å². The average molecular weight is 291 g/mol. The van der Waals surface area contributed by atoms with Crippen molar-refractivity contribution in [1.82, 2.24) is 0 Å². The highest BCUT2D eigenvalue weighted by Gasteiger charge is 2.05. The molecular formula is C19H17NO2. The summed E-state index contributed by atoms with van der Waals surface area (Å²) in [4.78, 5) is 5.39. The van der Waals surface area contributed by atoms with Crippen LogP contribution in [-0.2, 0) is 11.4 Å². The van der Waals surface area contributed by atoms with Gasteiger partial charge in [-0.05, 0) is 22.4 Å². The van der Waals surface area contributed by atoms with E-state index in [-0.39, 0.29) is 0 Å². The van der Waals surface area contributed by atoms with Crippen LogP contribution < -0.4 is 4.74 Å². The maximum atomic E-state index is 5.42. The summed E-state index contributed by atoms with van der Waals surface area (Å²) in [6, 6.07) is 22.1. The molecule has 0 aromatic heterocycles. The number of ether oxygens (including phenoxy) is 1. The van der Waals surface area contributed by atoms with Crippen LogP contribution in [-0.4, -0.2) is 13.3 Å². The quantitative estimate of drug-likeness (QED) is 0.515. The van der Waals surface area contributed by atoms with Crippen molar-refractivity contribution in [3.05, 3.63) is 77.9 Å². The third-order valence-corrected chi connectivity index (χ3v) is 3.48. The first-order valence-electron chi connectivity index (χ1n) is 7.13. The molecule has 110 valence electrons. The van der Waals surface area contributed by atoms with Gasteiger partial charge in [0.1, 0.15) is 12.4 Å².